The molecule has 0 amide bonds. The minimum atomic E-state index is 0.492. The second-order valence-electron chi connectivity index (χ2n) is 6.61. The molecular weight excluding hydrogens is 398 g/mol. The number of ether oxygens (including phenoxy) is 4. The van der Waals surface area contributed by atoms with Crippen molar-refractivity contribution in [3.8, 4) is 34.3 Å². The van der Waals surface area contributed by atoms with Crippen molar-refractivity contribution in [3.63, 3.8) is 0 Å². The molecule has 1 N–H and O–H groups in total. The molecule has 0 fully saturated rings. The Morgan fingerprint density at radius 3 is 2.32 bits per heavy atom. The third-order valence-electron chi connectivity index (χ3n) is 4.86. The first-order chi connectivity index (χ1) is 15.2. The fourth-order valence-electron chi connectivity index (χ4n) is 3.35. The van der Waals surface area contributed by atoms with Crippen LogP contribution in [0.4, 0.5) is 5.82 Å². The van der Waals surface area contributed by atoms with Gasteiger partial charge in [0.2, 0.25) is 5.75 Å². The lowest BCUT2D eigenvalue weighted by atomic mass is 10.1. The fraction of sp³-hybridized carbons (Fsp3) is 0.227. The molecule has 3 heterocycles. The van der Waals surface area contributed by atoms with E-state index in [1.807, 2.05) is 28.8 Å². The average Bonchev–Trinajstić information content (AvgIpc) is 3.26. The van der Waals surface area contributed by atoms with E-state index in [0.717, 1.165) is 16.8 Å². The van der Waals surface area contributed by atoms with Crippen LogP contribution in [0.3, 0.4) is 0 Å². The van der Waals surface area contributed by atoms with Crippen molar-refractivity contribution < 1.29 is 18.9 Å². The number of hydrogen-bond acceptors (Lipinski definition) is 8. The van der Waals surface area contributed by atoms with Crippen LogP contribution < -0.4 is 24.3 Å². The standard InChI is InChI=1S/C22H23N5O4/c1-28-16-9-15(11-23-12-16)17-13-26-22-21(24-5-6-27(17)22)25-10-14-7-18(29-2)20(31-4)19(8-14)30-3/h5-9,11-13H,10H2,1-4H3,(H,24,25). The molecule has 0 bridgehead atoms. The zero-order valence-electron chi connectivity index (χ0n) is 17.7. The predicted octanol–water partition coefficient (Wildman–Crippen LogP) is 3.44. The molecule has 31 heavy (non-hydrogen) atoms. The maximum absolute atomic E-state index is 5.43. The summed E-state index contributed by atoms with van der Waals surface area (Å²) in [4.78, 5) is 13.2. The van der Waals surface area contributed by atoms with E-state index in [2.05, 4.69) is 20.3 Å². The van der Waals surface area contributed by atoms with E-state index in [0.29, 0.717) is 41.0 Å². The highest BCUT2D eigenvalue weighted by atomic mass is 16.5. The first-order valence-electron chi connectivity index (χ1n) is 9.52. The van der Waals surface area contributed by atoms with Gasteiger partial charge in [0.15, 0.2) is 23.0 Å². The van der Waals surface area contributed by atoms with Crippen LogP contribution in [0.1, 0.15) is 5.56 Å². The van der Waals surface area contributed by atoms with Crippen molar-refractivity contribution in [2.75, 3.05) is 33.8 Å². The van der Waals surface area contributed by atoms with Gasteiger partial charge in [-0.2, -0.15) is 0 Å². The molecule has 0 radical (unpaired) electrons. The predicted molar refractivity (Wildman–Crippen MR) is 116 cm³/mol. The summed E-state index contributed by atoms with van der Waals surface area (Å²) in [7, 11) is 6.38. The number of pyridine rings is 1. The number of nitrogens with one attached hydrogen (secondary N) is 1. The zero-order valence-corrected chi connectivity index (χ0v) is 17.7. The number of benzene rings is 1. The molecule has 0 aliphatic heterocycles. The Kier molecular flexibility index (Phi) is 5.74. The molecule has 0 saturated carbocycles. The Labute approximate surface area is 179 Å². The highest BCUT2D eigenvalue weighted by Gasteiger charge is 2.15. The van der Waals surface area contributed by atoms with Crippen LogP contribution in [0.15, 0.2) is 49.2 Å². The molecule has 0 aliphatic rings. The Balaban J connectivity index is 1.64. The number of rotatable bonds is 8. The number of hydrogen-bond donors (Lipinski definition) is 1. The third-order valence-corrected chi connectivity index (χ3v) is 4.86. The van der Waals surface area contributed by atoms with Gasteiger partial charge in [0.25, 0.3) is 0 Å². The molecule has 3 aromatic heterocycles. The highest BCUT2D eigenvalue weighted by Crippen LogP contribution is 2.38. The molecule has 0 atom stereocenters. The summed E-state index contributed by atoms with van der Waals surface area (Å²) in [6.07, 6.45) is 8.82. The van der Waals surface area contributed by atoms with Crippen molar-refractivity contribution in [1.82, 2.24) is 19.4 Å². The van der Waals surface area contributed by atoms with Crippen LogP contribution >= 0.6 is 0 Å². The summed E-state index contributed by atoms with van der Waals surface area (Å²) >= 11 is 0. The smallest absolute Gasteiger partial charge is 0.203 e. The first-order valence-corrected chi connectivity index (χ1v) is 9.52. The van der Waals surface area contributed by atoms with E-state index >= 15 is 0 Å². The topological polar surface area (TPSA) is 92.0 Å². The van der Waals surface area contributed by atoms with E-state index in [9.17, 15) is 0 Å². The van der Waals surface area contributed by atoms with Crippen LogP contribution in [-0.4, -0.2) is 47.8 Å². The molecule has 4 aromatic rings. The lowest BCUT2D eigenvalue weighted by molar-refractivity contribution is 0.324. The van der Waals surface area contributed by atoms with Crippen LogP contribution in [0.2, 0.25) is 0 Å². The Morgan fingerprint density at radius 2 is 1.65 bits per heavy atom. The Morgan fingerprint density at radius 1 is 0.871 bits per heavy atom. The van der Waals surface area contributed by atoms with Gasteiger partial charge in [0.05, 0.1) is 46.5 Å². The number of imidazole rings is 1. The minimum Gasteiger partial charge on any atom is -0.495 e. The van der Waals surface area contributed by atoms with Gasteiger partial charge in [0, 0.05) is 30.7 Å². The van der Waals surface area contributed by atoms with Crippen LogP contribution in [0, 0.1) is 0 Å². The second-order valence-corrected chi connectivity index (χ2v) is 6.61. The van der Waals surface area contributed by atoms with Crippen LogP contribution in [-0.2, 0) is 6.54 Å². The molecule has 0 spiro atoms. The fourth-order valence-corrected chi connectivity index (χ4v) is 3.35. The Hall–Kier alpha value is -4.01. The number of fused-ring (bicyclic) bond motifs is 1. The lowest BCUT2D eigenvalue weighted by Crippen LogP contribution is -2.05. The third kappa shape index (κ3) is 3.89. The van der Waals surface area contributed by atoms with Gasteiger partial charge in [-0.05, 0) is 23.8 Å². The summed E-state index contributed by atoms with van der Waals surface area (Å²) in [6, 6.07) is 5.71. The Bertz CT molecular complexity index is 1180. The maximum Gasteiger partial charge on any atom is 0.203 e. The summed E-state index contributed by atoms with van der Waals surface area (Å²) < 4.78 is 23.5. The monoisotopic (exact) mass is 421 g/mol. The van der Waals surface area contributed by atoms with Crippen molar-refractivity contribution in [2.24, 2.45) is 0 Å². The number of methoxy groups -OCH3 is 4. The quantitative estimate of drug-likeness (QED) is 0.463. The van der Waals surface area contributed by atoms with Gasteiger partial charge < -0.3 is 24.3 Å². The van der Waals surface area contributed by atoms with Gasteiger partial charge >= 0.3 is 0 Å². The van der Waals surface area contributed by atoms with Gasteiger partial charge in [-0.15, -0.1) is 0 Å². The highest BCUT2D eigenvalue weighted by molar-refractivity contribution is 5.70. The van der Waals surface area contributed by atoms with Crippen molar-refractivity contribution in [1.29, 1.82) is 0 Å². The van der Waals surface area contributed by atoms with E-state index in [1.54, 1.807) is 53.2 Å². The molecule has 0 aliphatic carbocycles. The summed E-state index contributed by atoms with van der Waals surface area (Å²) in [5.41, 5.74) is 3.43. The summed E-state index contributed by atoms with van der Waals surface area (Å²) in [5, 5.41) is 3.34. The lowest BCUT2D eigenvalue weighted by Gasteiger charge is -2.14. The van der Waals surface area contributed by atoms with Gasteiger partial charge in [-0.1, -0.05) is 0 Å². The molecule has 4 rings (SSSR count). The SMILES string of the molecule is COc1cncc(-c2cnc3c(NCc4cc(OC)c(OC)c(OC)c4)nccn23)c1. The number of aromatic nitrogens is 4. The second kappa shape index (κ2) is 8.78. The van der Waals surface area contributed by atoms with E-state index < -0.39 is 0 Å². The molecule has 0 unspecified atom stereocenters. The normalized spacial score (nSPS) is 10.7. The molecular formula is C22H23N5O4. The van der Waals surface area contributed by atoms with Gasteiger partial charge in [0.1, 0.15) is 5.75 Å². The molecule has 0 saturated heterocycles. The first kappa shape index (κ1) is 20.3. The summed E-state index contributed by atoms with van der Waals surface area (Å²) in [6.45, 7) is 0.492. The van der Waals surface area contributed by atoms with Crippen LogP contribution in [0.5, 0.6) is 23.0 Å². The maximum atomic E-state index is 5.43. The summed E-state index contributed by atoms with van der Waals surface area (Å²) in [5.74, 6) is 3.08. The zero-order chi connectivity index (χ0) is 21.8. The van der Waals surface area contributed by atoms with Gasteiger partial charge in [-0.25, -0.2) is 9.97 Å². The van der Waals surface area contributed by atoms with Crippen molar-refractivity contribution in [2.45, 2.75) is 6.54 Å². The molecule has 160 valence electrons. The van der Waals surface area contributed by atoms with Crippen molar-refractivity contribution in [3.05, 3.63) is 54.7 Å². The van der Waals surface area contributed by atoms with E-state index in [1.165, 1.54) is 0 Å². The van der Waals surface area contributed by atoms with Gasteiger partial charge in [-0.3, -0.25) is 9.38 Å². The largest absolute Gasteiger partial charge is 0.495 e. The average molecular weight is 421 g/mol. The molecule has 9 heteroatoms. The van der Waals surface area contributed by atoms with E-state index in [-0.39, 0.29) is 0 Å². The number of nitrogens with zero attached hydrogens (tertiary/aromatic N) is 4. The number of anilines is 1. The van der Waals surface area contributed by atoms with Crippen molar-refractivity contribution >= 4 is 11.5 Å². The van der Waals surface area contributed by atoms with E-state index in [4.69, 9.17) is 18.9 Å². The van der Waals surface area contributed by atoms with Crippen LogP contribution in [0.25, 0.3) is 16.9 Å². The minimum absolute atomic E-state index is 0.492. The molecule has 1 aromatic carbocycles. The molecule has 9 nitrogen and oxygen atoms in total.